The van der Waals surface area contributed by atoms with Crippen molar-refractivity contribution in [1.82, 2.24) is 25.0 Å². The number of halogens is 1. The third-order valence-corrected chi connectivity index (χ3v) is 8.05. The smallest absolute Gasteiger partial charge is 0.318 e. The lowest BCUT2D eigenvalue weighted by atomic mass is 9.72. The number of carbonyl (C=O) groups excluding carboxylic acids is 1. The maximum Gasteiger partial charge on any atom is 0.318 e. The molecule has 178 valence electrons. The first-order chi connectivity index (χ1) is 16.9. The highest BCUT2D eigenvalue weighted by Gasteiger charge is 2.48. The van der Waals surface area contributed by atoms with E-state index < -0.39 is 5.54 Å². The number of rotatable bonds is 3. The number of hydrogen-bond donors (Lipinski definition) is 2. The number of nitrogens with one attached hydrogen (secondary N) is 1. The zero-order valence-corrected chi connectivity index (χ0v) is 19.3. The standard InChI is InChI=1S/C26H26FN7O/c27-20-4-2-19(3-5-20)26(6-1-7-26)31-24(35)33-10-8-25(16-33)9-11-34-22(25)13-21(32-34)18-12-17(14-28)23(29)30-15-18/h2-5,12-13,15H,1,6-11,16H2,(H2,29,30)(H,31,35)/t25-/m1/s1. The summed E-state index contributed by atoms with van der Waals surface area (Å²) in [5.41, 5.74) is 9.16. The Hall–Kier alpha value is -3.93. The number of carbonyl (C=O) groups is 1. The fourth-order valence-corrected chi connectivity index (χ4v) is 5.84. The van der Waals surface area contributed by atoms with Gasteiger partial charge in [0.15, 0.2) is 0 Å². The molecule has 2 amide bonds. The molecule has 3 aliphatic rings. The minimum Gasteiger partial charge on any atom is -0.383 e. The third-order valence-electron chi connectivity index (χ3n) is 8.05. The van der Waals surface area contributed by atoms with Crippen molar-refractivity contribution < 1.29 is 9.18 Å². The molecule has 2 aromatic heterocycles. The molecule has 0 radical (unpaired) electrons. The zero-order valence-electron chi connectivity index (χ0n) is 19.3. The Morgan fingerprint density at radius 2 is 1.91 bits per heavy atom. The van der Waals surface area contributed by atoms with Crippen molar-refractivity contribution in [3.8, 4) is 17.3 Å². The van der Waals surface area contributed by atoms with Crippen molar-refractivity contribution in [2.45, 2.75) is 49.6 Å². The van der Waals surface area contributed by atoms with Crippen molar-refractivity contribution in [2.75, 3.05) is 18.8 Å². The number of hydrogen-bond acceptors (Lipinski definition) is 5. The van der Waals surface area contributed by atoms with Crippen LogP contribution in [-0.4, -0.2) is 38.8 Å². The summed E-state index contributed by atoms with van der Waals surface area (Å²) in [4.78, 5) is 19.4. The molecule has 4 heterocycles. The van der Waals surface area contributed by atoms with Crippen LogP contribution >= 0.6 is 0 Å². The van der Waals surface area contributed by atoms with E-state index in [9.17, 15) is 14.4 Å². The van der Waals surface area contributed by atoms with Crippen molar-refractivity contribution in [3.63, 3.8) is 0 Å². The van der Waals surface area contributed by atoms with Crippen molar-refractivity contribution in [1.29, 1.82) is 5.26 Å². The monoisotopic (exact) mass is 471 g/mol. The summed E-state index contributed by atoms with van der Waals surface area (Å²) in [7, 11) is 0. The van der Waals surface area contributed by atoms with Crippen LogP contribution in [0.25, 0.3) is 11.3 Å². The summed E-state index contributed by atoms with van der Waals surface area (Å²) < 4.78 is 15.5. The van der Waals surface area contributed by atoms with Crippen LogP contribution in [-0.2, 0) is 17.5 Å². The number of aryl methyl sites for hydroxylation is 1. The molecule has 0 bridgehead atoms. The maximum absolute atomic E-state index is 13.4. The number of nitrogens with two attached hydrogens (primary N) is 1. The number of nitrogens with zero attached hydrogens (tertiary/aromatic N) is 5. The molecule has 35 heavy (non-hydrogen) atoms. The van der Waals surface area contributed by atoms with E-state index in [0.29, 0.717) is 18.7 Å². The van der Waals surface area contributed by atoms with Crippen LogP contribution in [0.2, 0.25) is 0 Å². The predicted molar refractivity (Wildman–Crippen MR) is 128 cm³/mol. The van der Waals surface area contributed by atoms with E-state index in [0.717, 1.165) is 61.2 Å². The first-order valence-corrected chi connectivity index (χ1v) is 12.0. The number of nitrogen functional groups attached to an aromatic ring is 1. The summed E-state index contributed by atoms with van der Waals surface area (Å²) in [5, 5.41) is 17.3. The summed E-state index contributed by atoms with van der Waals surface area (Å²) in [6.07, 6.45) is 6.21. The average Bonchev–Trinajstić information content (AvgIpc) is 3.54. The zero-order chi connectivity index (χ0) is 24.2. The lowest BCUT2D eigenvalue weighted by molar-refractivity contribution is 0.154. The minimum atomic E-state index is -0.411. The second kappa shape index (κ2) is 7.80. The SMILES string of the molecule is N#Cc1cc(-c2cc3n(n2)CC[C@@]32CCN(C(=O)NC3(c4ccc(F)cc4)CCC3)C2)cnc1N. The summed E-state index contributed by atoms with van der Waals surface area (Å²) in [5.74, 6) is -0.0614. The van der Waals surface area contributed by atoms with Crippen LogP contribution in [0.1, 0.15) is 48.9 Å². The normalized spacial score (nSPS) is 22.0. The van der Waals surface area contributed by atoms with E-state index in [1.165, 1.54) is 12.1 Å². The number of aromatic nitrogens is 3. The molecule has 1 saturated carbocycles. The number of likely N-dealkylation sites (tertiary alicyclic amines) is 1. The average molecular weight is 472 g/mol. The molecule has 1 atom stereocenters. The Kier molecular flexibility index (Phi) is 4.81. The third kappa shape index (κ3) is 3.43. The molecule has 0 unspecified atom stereocenters. The summed E-state index contributed by atoms with van der Waals surface area (Å²) in [6.45, 7) is 2.10. The van der Waals surface area contributed by atoms with Gasteiger partial charge in [0.05, 0.1) is 16.8 Å². The molecule has 3 aromatic rings. The van der Waals surface area contributed by atoms with Gasteiger partial charge < -0.3 is 16.0 Å². The molecular formula is C26H26FN7O. The van der Waals surface area contributed by atoms with Crippen LogP contribution in [0.4, 0.5) is 15.0 Å². The lowest BCUT2D eigenvalue weighted by Gasteiger charge is -2.44. The van der Waals surface area contributed by atoms with Gasteiger partial charge in [-0.3, -0.25) is 4.68 Å². The molecule has 8 nitrogen and oxygen atoms in total. The number of anilines is 1. The molecule has 9 heteroatoms. The molecule has 6 rings (SSSR count). The quantitative estimate of drug-likeness (QED) is 0.605. The highest BCUT2D eigenvalue weighted by Crippen LogP contribution is 2.45. The molecule has 1 saturated heterocycles. The number of amides is 2. The number of benzene rings is 1. The van der Waals surface area contributed by atoms with Crippen molar-refractivity contribution in [3.05, 3.63) is 65.2 Å². The number of fused-ring (bicyclic) bond motifs is 2. The van der Waals surface area contributed by atoms with E-state index in [1.54, 1.807) is 24.4 Å². The van der Waals surface area contributed by atoms with Gasteiger partial charge in [-0.1, -0.05) is 12.1 Å². The van der Waals surface area contributed by atoms with Crippen molar-refractivity contribution in [2.24, 2.45) is 0 Å². The fourth-order valence-electron chi connectivity index (χ4n) is 5.84. The lowest BCUT2D eigenvalue weighted by Crippen LogP contribution is -2.54. The molecule has 1 aromatic carbocycles. The van der Waals surface area contributed by atoms with Crippen LogP contribution in [0.15, 0.2) is 42.6 Å². The minimum absolute atomic E-state index is 0.0644. The van der Waals surface area contributed by atoms with E-state index in [1.807, 2.05) is 9.58 Å². The molecule has 1 spiro atoms. The van der Waals surface area contributed by atoms with Gasteiger partial charge in [-0.05, 0) is 61.9 Å². The Morgan fingerprint density at radius 1 is 1.14 bits per heavy atom. The van der Waals surface area contributed by atoms with Gasteiger partial charge in [0, 0.05) is 42.5 Å². The van der Waals surface area contributed by atoms with Gasteiger partial charge in [-0.15, -0.1) is 0 Å². The van der Waals surface area contributed by atoms with Crippen molar-refractivity contribution >= 4 is 11.8 Å². The Morgan fingerprint density at radius 3 is 2.63 bits per heavy atom. The van der Waals surface area contributed by atoms with E-state index in [2.05, 4.69) is 22.4 Å². The molecule has 2 aliphatic heterocycles. The largest absolute Gasteiger partial charge is 0.383 e. The van der Waals surface area contributed by atoms with Crippen LogP contribution in [0.3, 0.4) is 0 Å². The van der Waals surface area contributed by atoms with Crippen LogP contribution in [0.5, 0.6) is 0 Å². The second-order valence-corrected chi connectivity index (χ2v) is 9.98. The molecule has 2 fully saturated rings. The number of pyridine rings is 1. The second-order valence-electron chi connectivity index (χ2n) is 9.98. The molecule has 1 aliphatic carbocycles. The molecule has 3 N–H and O–H groups in total. The summed E-state index contributed by atoms with van der Waals surface area (Å²) >= 11 is 0. The highest BCUT2D eigenvalue weighted by atomic mass is 19.1. The van der Waals surface area contributed by atoms with Gasteiger partial charge in [0.1, 0.15) is 17.7 Å². The first-order valence-electron chi connectivity index (χ1n) is 12.0. The van der Waals surface area contributed by atoms with Crippen LogP contribution < -0.4 is 11.1 Å². The first kappa shape index (κ1) is 21.6. The van der Waals surface area contributed by atoms with Gasteiger partial charge in [-0.2, -0.15) is 10.4 Å². The Labute approximate surface area is 202 Å². The number of nitriles is 1. The number of urea groups is 1. The maximum atomic E-state index is 13.4. The molecular weight excluding hydrogens is 445 g/mol. The van der Waals surface area contributed by atoms with Gasteiger partial charge in [0.25, 0.3) is 0 Å². The van der Waals surface area contributed by atoms with Gasteiger partial charge >= 0.3 is 6.03 Å². The van der Waals surface area contributed by atoms with E-state index in [4.69, 9.17) is 10.8 Å². The van der Waals surface area contributed by atoms with E-state index >= 15 is 0 Å². The Bertz CT molecular complexity index is 1360. The van der Waals surface area contributed by atoms with Gasteiger partial charge in [0.2, 0.25) is 0 Å². The topological polar surface area (TPSA) is 113 Å². The highest BCUT2D eigenvalue weighted by molar-refractivity contribution is 5.76. The van der Waals surface area contributed by atoms with E-state index in [-0.39, 0.29) is 23.1 Å². The predicted octanol–water partition coefficient (Wildman–Crippen LogP) is 3.67. The van der Waals surface area contributed by atoms with Gasteiger partial charge in [-0.25, -0.2) is 14.2 Å². The van der Waals surface area contributed by atoms with Crippen LogP contribution in [0, 0.1) is 17.1 Å². The summed E-state index contributed by atoms with van der Waals surface area (Å²) in [6, 6.07) is 12.3. The Balaban J connectivity index is 1.21. The fraction of sp³-hybridized carbons (Fsp3) is 0.385.